The smallest absolute Gasteiger partial charge is 0.0655 e. The largest absolute Gasteiger partial charge is 0.399 e. The molecular weight excluding hydrogens is 236 g/mol. The summed E-state index contributed by atoms with van der Waals surface area (Å²) in [5.74, 6) is 0. The monoisotopic (exact) mass is 262 g/mol. The summed E-state index contributed by atoms with van der Waals surface area (Å²) in [5, 5.41) is 3.65. The van der Waals surface area contributed by atoms with Crippen LogP contribution in [0.5, 0.6) is 0 Å². The maximum atomic E-state index is 5.94. The summed E-state index contributed by atoms with van der Waals surface area (Å²) in [6.45, 7) is 10.4. The van der Waals surface area contributed by atoms with Crippen molar-refractivity contribution in [2.24, 2.45) is 5.41 Å². The summed E-state index contributed by atoms with van der Waals surface area (Å²) >= 11 is 0. The normalized spacial score (nSPS) is 25.1. The highest BCUT2D eigenvalue weighted by atomic mass is 16.5. The quantitative estimate of drug-likeness (QED) is 0.802. The van der Waals surface area contributed by atoms with Gasteiger partial charge in [-0.1, -0.05) is 26.0 Å². The third-order valence-corrected chi connectivity index (χ3v) is 4.57. The van der Waals surface area contributed by atoms with E-state index in [1.165, 1.54) is 11.1 Å². The number of nitrogens with two attached hydrogens (primary N) is 1. The van der Waals surface area contributed by atoms with E-state index < -0.39 is 0 Å². The minimum absolute atomic E-state index is 0.213. The van der Waals surface area contributed by atoms with E-state index in [4.69, 9.17) is 10.5 Å². The highest BCUT2D eigenvalue weighted by Crippen LogP contribution is 2.42. The van der Waals surface area contributed by atoms with Crippen molar-refractivity contribution in [1.29, 1.82) is 0 Å². The van der Waals surface area contributed by atoms with Crippen molar-refractivity contribution in [3.8, 4) is 0 Å². The zero-order valence-electron chi connectivity index (χ0n) is 12.5. The molecule has 2 atom stereocenters. The van der Waals surface area contributed by atoms with E-state index >= 15 is 0 Å². The van der Waals surface area contributed by atoms with Gasteiger partial charge in [-0.05, 0) is 37.5 Å². The SMILES string of the molecule is CCOC1CC(NCc2cccc(N)c2C)C1(C)C. The molecule has 1 aromatic rings. The number of nitrogens with one attached hydrogen (secondary N) is 1. The lowest BCUT2D eigenvalue weighted by molar-refractivity contribution is -0.114. The Kier molecular flexibility index (Phi) is 4.16. The predicted octanol–water partition coefficient (Wildman–Crippen LogP) is 2.87. The molecule has 0 spiro atoms. The van der Waals surface area contributed by atoms with E-state index in [-0.39, 0.29) is 5.41 Å². The number of hydrogen-bond acceptors (Lipinski definition) is 3. The number of ether oxygens (including phenoxy) is 1. The Morgan fingerprint density at radius 3 is 2.79 bits per heavy atom. The van der Waals surface area contributed by atoms with Crippen LogP contribution in [0.2, 0.25) is 0 Å². The Labute approximate surface area is 116 Å². The standard InChI is InChI=1S/C16H26N2O/c1-5-19-15-9-14(16(15,3)4)18-10-12-7-6-8-13(17)11(12)2/h6-8,14-15,18H,5,9-10,17H2,1-4H3. The summed E-state index contributed by atoms with van der Waals surface area (Å²) in [6, 6.07) is 6.64. The van der Waals surface area contributed by atoms with Gasteiger partial charge in [0, 0.05) is 30.3 Å². The molecule has 1 aliphatic rings. The summed E-state index contributed by atoms with van der Waals surface area (Å²) in [4.78, 5) is 0. The summed E-state index contributed by atoms with van der Waals surface area (Å²) < 4.78 is 5.76. The lowest BCUT2D eigenvalue weighted by atomic mass is 9.64. The molecule has 19 heavy (non-hydrogen) atoms. The van der Waals surface area contributed by atoms with Gasteiger partial charge in [-0.2, -0.15) is 0 Å². The van der Waals surface area contributed by atoms with Crippen LogP contribution in [0.25, 0.3) is 0 Å². The summed E-state index contributed by atoms with van der Waals surface area (Å²) in [7, 11) is 0. The van der Waals surface area contributed by atoms with Crippen LogP contribution in [-0.2, 0) is 11.3 Å². The number of benzene rings is 1. The van der Waals surface area contributed by atoms with E-state index in [1.807, 2.05) is 12.1 Å². The van der Waals surface area contributed by atoms with Crippen molar-refractivity contribution in [2.45, 2.75) is 52.8 Å². The van der Waals surface area contributed by atoms with Crippen molar-refractivity contribution in [3.05, 3.63) is 29.3 Å². The third-order valence-electron chi connectivity index (χ3n) is 4.57. The van der Waals surface area contributed by atoms with Crippen molar-refractivity contribution in [1.82, 2.24) is 5.32 Å². The van der Waals surface area contributed by atoms with Crippen LogP contribution in [0.1, 0.15) is 38.3 Å². The third kappa shape index (κ3) is 2.77. The molecule has 0 aliphatic heterocycles. The Bertz CT molecular complexity index is 442. The molecule has 1 fully saturated rings. The van der Waals surface area contributed by atoms with Gasteiger partial charge in [0.05, 0.1) is 6.10 Å². The summed E-state index contributed by atoms with van der Waals surface area (Å²) in [5.41, 5.74) is 9.50. The fourth-order valence-corrected chi connectivity index (χ4v) is 2.84. The van der Waals surface area contributed by atoms with E-state index in [9.17, 15) is 0 Å². The van der Waals surface area contributed by atoms with E-state index in [0.29, 0.717) is 12.1 Å². The predicted molar refractivity (Wildman–Crippen MR) is 80.0 cm³/mol. The maximum absolute atomic E-state index is 5.94. The lowest BCUT2D eigenvalue weighted by Crippen LogP contribution is -2.60. The second-order valence-electron chi connectivity index (χ2n) is 6.07. The first-order valence-electron chi connectivity index (χ1n) is 7.15. The lowest BCUT2D eigenvalue weighted by Gasteiger charge is -2.52. The Morgan fingerprint density at radius 1 is 1.42 bits per heavy atom. The minimum Gasteiger partial charge on any atom is -0.399 e. The van der Waals surface area contributed by atoms with Crippen LogP contribution in [0, 0.1) is 12.3 Å². The van der Waals surface area contributed by atoms with Crippen LogP contribution in [0.3, 0.4) is 0 Å². The molecule has 0 aromatic heterocycles. The fraction of sp³-hybridized carbons (Fsp3) is 0.625. The van der Waals surface area contributed by atoms with Crippen molar-refractivity contribution < 1.29 is 4.74 Å². The highest BCUT2D eigenvalue weighted by Gasteiger charge is 2.48. The first kappa shape index (κ1) is 14.4. The minimum atomic E-state index is 0.213. The number of hydrogen-bond donors (Lipinski definition) is 2. The second kappa shape index (κ2) is 5.51. The number of rotatable bonds is 5. The molecule has 0 saturated heterocycles. The average Bonchev–Trinajstić information content (AvgIpc) is 2.37. The molecule has 1 aromatic carbocycles. The van der Waals surface area contributed by atoms with Gasteiger partial charge in [-0.25, -0.2) is 0 Å². The van der Waals surface area contributed by atoms with E-state index in [0.717, 1.165) is 25.3 Å². The van der Waals surface area contributed by atoms with Gasteiger partial charge in [0.2, 0.25) is 0 Å². The van der Waals surface area contributed by atoms with Crippen LogP contribution in [0.15, 0.2) is 18.2 Å². The molecule has 0 amide bonds. The Hall–Kier alpha value is -1.06. The van der Waals surface area contributed by atoms with Gasteiger partial charge in [0.1, 0.15) is 0 Å². The molecule has 3 heteroatoms. The zero-order valence-corrected chi connectivity index (χ0v) is 12.5. The van der Waals surface area contributed by atoms with Crippen LogP contribution >= 0.6 is 0 Å². The molecule has 3 N–H and O–H groups in total. The van der Waals surface area contributed by atoms with Gasteiger partial charge in [0.25, 0.3) is 0 Å². The van der Waals surface area contributed by atoms with Crippen LogP contribution in [0.4, 0.5) is 5.69 Å². The van der Waals surface area contributed by atoms with Crippen LogP contribution < -0.4 is 11.1 Å². The van der Waals surface area contributed by atoms with Gasteiger partial charge in [-0.15, -0.1) is 0 Å². The highest BCUT2D eigenvalue weighted by molar-refractivity contribution is 5.49. The molecule has 0 heterocycles. The van der Waals surface area contributed by atoms with Crippen molar-refractivity contribution in [2.75, 3.05) is 12.3 Å². The molecule has 106 valence electrons. The van der Waals surface area contributed by atoms with Crippen molar-refractivity contribution in [3.63, 3.8) is 0 Å². The van der Waals surface area contributed by atoms with Gasteiger partial charge in [0.15, 0.2) is 0 Å². The number of anilines is 1. The van der Waals surface area contributed by atoms with Crippen LogP contribution in [-0.4, -0.2) is 18.8 Å². The van der Waals surface area contributed by atoms with E-state index in [2.05, 4.69) is 39.1 Å². The molecule has 1 aliphatic carbocycles. The Morgan fingerprint density at radius 2 is 2.16 bits per heavy atom. The molecule has 1 saturated carbocycles. The average molecular weight is 262 g/mol. The molecule has 3 nitrogen and oxygen atoms in total. The molecule has 2 rings (SSSR count). The molecule has 2 unspecified atom stereocenters. The topological polar surface area (TPSA) is 47.3 Å². The summed E-state index contributed by atoms with van der Waals surface area (Å²) in [6.07, 6.45) is 1.49. The van der Waals surface area contributed by atoms with E-state index in [1.54, 1.807) is 0 Å². The van der Waals surface area contributed by atoms with Crippen molar-refractivity contribution >= 4 is 5.69 Å². The second-order valence-corrected chi connectivity index (χ2v) is 6.07. The molecular formula is C16H26N2O. The fourth-order valence-electron chi connectivity index (χ4n) is 2.84. The number of nitrogen functional groups attached to an aromatic ring is 1. The van der Waals surface area contributed by atoms with Gasteiger partial charge >= 0.3 is 0 Å². The zero-order chi connectivity index (χ0) is 14.0. The Balaban J connectivity index is 1.92. The van der Waals surface area contributed by atoms with Gasteiger partial charge < -0.3 is 15.8 Å². The van der Waals surface area contributed by atoms with Gasteiger partial charge in [-0.3, -0.25) is 0 Å². The molecule has 0 bridgehead atoms. The first-order chi connectivity index (χ1) is 8.96. The molecule has 0 radical (unpaired) electrons. The maximum Gasteiger partial charge on any atom is 0.0655 e. The first-order valence-corrected chi connectivity index (χ1v) is 7.15.